The van der Waals surface area contributed by atoms with Crippen molar-refractivity contribution in [2.45, 2.75) is 57.4 Å². The summed E-state index contributed by atoms with van der Waals surface area (Å²) in [6.45, 7) is 5.99. The second-order valence-electron chi connectivity index (χ2n) is 6.95. The largest absolute Gasteiger partial charge is 0.452 e. The summed E-state index contributed by atoms with van der Waals surface area (Å²) in [4.78, 5) is 26.3. The summed E-state index contributed by atoms with van der Waals surface area (Å²) in [6, 6.07) is 3.12. The summed E-state index contributed by atoms with van der Waals surface area (Å²) >= 11 is 0. The Kier molecular flexibility index (Phi) is 8.15. The van der Waals surface area contributed by atoms with Gasteiger partial charge in [0.25, 0.3) is 5.91 Å². The van der Waals surface area contributed by atoms with Crippen LogP contribution < -0.4 is 0 Å². The van der Waals surface area contributed by atoms with E-state index in [1.807, 2.05) is 6.92 Å². The molecule has 1 unspecified atom stereocenters. The van der Waals surface area contributed by atoms with Crippen LogP contribution in [0.1, 0.15) is 56.8 Å². The van der Waals surface area contributed by atoms with Crippen molar-refractivity contribution in [2.24, 2.45) is 0 Å². The third kappa shape index (κ3) is 5.33. The van der Waals surface area contributed by atoms with Crippen molar-refractivity contribution >= 4 is 21.9 Å². The van der Waals surface area contributed by atoms with Crippen molar-refractivity contribution in [1.82, 2.24) is 9.21 Å². The van der Waals surface area contributed by atoms with Crippen LogP contribution >= 0.6 is 0 Å². The summed E-state index contributed by atoms with van der Waals surface area (Å²) in [7, 11) is -3.85. The van der Waals surface area contributed by atoms with E-state index in [0.717, 1.165) is 43.9 Å². The molecule has 0 spiro atoms. The van der Waals surface area contributed by atoms with Crippen molar-refractivity contribution in [1.29, 1.82) is 0 Å². The van der Waals surface area contributed by atoms with Gasteiger partial charge in [-0.05, 0) is 43.9 Å². The lowest BCUT2D eigenvalue weighted by Gasteiger charge is -2.35. The number of ether oxygens (including phenoxy) is 1. The fourth-order valence-electron chi connectivity index (χ4n) is 3.58. The Morgan fingerprint density at radius 3 is 2.52 bits per heavy atom. The van der Waals surface area contributed by atoms with Crippen LogP contribution in [0, 0.1) is 5.82 Å². The van der Waals surface area contributed by atoms with Gasteiger partial charge in [-0.2, -0.15) is 4.31 Å². The van der Waals surface area contributed by atoms with Crippen molar-refractivity contribution in [3.05, 3.63) is 29.6 Å². The normalized spacial score (nSPS) is 17.4. The van der Waals surface area contributed by atoms with Gasteiger partial charge in [-0.25, -0.2) is 17.6 Å². The molecule has 1 atom stereocenters. The summed E-state index contributed by atoms with van der Waals surface area (Å²) in [6.07, 6.45) is 3.69. The number of hydrogen-bond acceptors (Lipinski definition) is 5. The number of hydrogen-bond donors (Lipinski definition) is 0. The lowest BCUT2D eigenvalue weighted by Crippen LogP contribution is -2.45. The molecular formula is C20H29FN2O5S. The Hall–Kier alpha value is -2.00. The molecule has 1 aliphatic rings. The summed E-state index contributed by atoms with van der Waals surface area (Å²) in [5, 5.41) is 0. The van der Waals surface area contributed by atoms with Gasteiger partial charge in [-0.1, -0.05) is 20.8 Å². The van der Waals surface area contributed by atoms with E-state index in [9.17, 15) is 22.4 Å². The van der Waals surface area contributed by atoms with Crippen LogP contribution in [0.2, 0.25) is 0 Å². The zero-order valence-corrected chi connectivity index (χ0v) is 18.0. The molecule has 1 fully saturated rings. The zero-order valence-electron chi connectivity index (χ0n) is 17.2. The highest BCUT2D eigenvalue weighted by Crippen LogP contribution is 2.21. The highest BCUT2D eigenvalue weighted by Gasteiger charge is 2.28. The van der Waals surface area contributed by atoms with Crippen molar-refractivity contribution in [3.8, 4) is 0 Å². The minimum absolute atomic E-state index is 0.120. The number of piperidine rings is 1. The van der Waals surface area contributed by atoms with E-state index in [0.29, 0.717) is 6.54 Å². The van der Waals surface area contributed by atoms with E-state index >= 15 is 0 Å². The predicted octanol–water partition coefficient (Wildman–Crippen LogP) is 2.80. The van der Waals surface area contributed by atoms with Crippen LogP contribution in [0.4, 0.5) is 4.39 Å². The molecule has 9 heteroatoms. The topological polar surface area (TPSA) is 84.0 Å². The molecule has 0 saturated carbocycles. The van der Waals surface area contributed by atoms with Gasteiger partial charge in [-0.3, -0.25) is 4.79 Å². The first-order valence-corrected chi connectivity index (χ1v) is 11.5. The Morgan fingerprint density at radius 1 is 1.21 bits per heavy atom. The van der Waals surface area contributed by atoms with Gasteiger partial charge in [0.2, 0.25) is 10.0 Å². The summed E-state index contributed by atoms with van der Waals surface area (Å²) in [5.74, 6) is -2.28. The van der Waals surface area contributed by atoms with Crippen LogP contribution in [-0.2, 0) is 19.6 Å². The standard InChI is InChI=1S/C20H29FN2O5S/c1-4-15-9-7-8-12-23(15)19(24)14-28-20(25)17-13-16(10-11-18(17)21)29(26,27)22(5-2)6-3/h10-11,13,15H,4-9,12,14H2,1-3H3. The lowest BCUT2D eigenvalue weighted by atomic mass is 10.00. The number of rotatable bonds is 8. The van der Waals surface area contributed by atoms with E-state index in [4.69, 9.17) is 4.74 Å². The summed E-state index contributed by atoms with van der Waals surface area (Å²) in [5.41, 5.74) is -0.503. The minimum Gasteiger partial charge on any atom is -0.452 e. The molecule has 1 saturated heterocycles. The number of amides is 1. The minimum atomic E-state index is -3.85. The molecule has 0 radical (unpaired) electrons. The Bertz CT molecular complexity index is 839. The van der Waals surface area contributed by atoms with Crippen LogP contribution in [0.3, 0.4) is 0 Å². The van der Waals surface area contributed by atoms with Gasteiger partial charge >= 0.3 is 5.97 Å². The van der Waals surface area contributed by atoms with Crippen molar-refractivity contribution in [2.75, 3.05) is 26.2 Å². The van der Waals surface area contributed by atoms with Gasteiger partial charge in [0.1, 0.15) is 5.82 Å². The number of carbonyl (C=O) groups is 2. The molecule has 0 bridgehead atoms. The molecule has 162 valence electrons. The van der Waals surface area contributed by atoms with Gasteiger partial charge < -0.3 is 9.64 Å². The highest BCUT2D eigenvalue weighted by atomic mass is 32.2. The van der Waals surface area contributed by atoms with Crippen LogP contribution in [0.5, 0.6) is 0 Å². The van der Waals surface area contributed by atoms with E-state index in [1.54, 1.807) is 18.7 Å². The summed E-state index contributed by atoms with van der Waals surface area (Å²) < 4.78 is 45.6. The number of benzene rings is 1. The Labute approximate surface area is 171 Å². The third-order valence-electron chi connectivity index (χ3n) is 5.25. The molecule has 1 aromatic carbocycles. The van der Waals surface area contributed by atoms with E-state index in [2.05, 4.69) is 0 Å². The molecule has 2 rings (SSSR count). The van der Waals surface area contributed by atoms with E-state index in [-0.39, 0.29) is 29.9 Å². The molecule has 1 aliphatic heterocycles. The first-order valence-electron chi connectivity index (χ1n) is 10.0. The number of carbonyl (C=O) groups excluding carboxylic acids is 2. The highest BCUT2D eigenvalue weighted by molar-refractivity contribution is 7.89. The maximum atomic E-state index is 14.2. The third-order valence-corrected chi connectivity index (χ3v) is 7.29. The first kappa shape index (κ1) is 23.3. The lowest BCUT2D eigenvalue weighted by molar-refractivity contribution is -0.138. The molecule has 0 aromatic heterocycles. The molecule has 7 nitrogen and oxygen atoms in total. The Morgan fingerprint density at radius 2 is 1.90 bits per heavy atom. The van der Waals surface area contributed by atoms with Crippen LogP contribution in [0.25, 0.3) is 0 Å². The van der Waals surface area contributed by atoms with Crippen LogP contribution in [0.15, 0.2) is 23.1 Å². The van der Waals surface area contributed by atoms with Gasteiger partial charge in [0.15, 0.2) is 6.61 Å². The van der Waals surface area contributed by atoms with E-state index < -0.39 is 34.0 Å². The number of nitrogens with zero attached hydrogens (tertiary/aromatic N) is 2. The quantitative estimate of drug-likeness (QED) is 0.595. The van der Waals surface area contributed by atoms with Gasteiger partial charge in [0.05, 0.1) is 10.5 Å². The average molecular weight is 429 g/mol. The fraction of sp³-hybridized carbons (Fsp3) is 0.600. The predicted molar refractivity (Wildman–Crippen MR) is 106 cm³/mol. The molecule has 0 N–H and O–H groups in total. The van der Waals surface area contributed by atoms with Gasteiger partial charge in [-0.15, -0.1) is 0 Å². The smallest absolute Gasteiger partial charge is 0.341 e. The first-order chi connectivity index (χ1) is 13.8. The molecule has 1 heterocycles. The maximum Gasteiger partial charge on any atom is 0.341 e. The fourth-order valence-corrected chi connectivity index (χ4v) is 5.06. The van der Waals surface area contributed by atoms with Crippen molar-refractivity contribution in [3.63, 3.8) is 0 Å². The van der Waals surface area contributed by atoms with E-state index in [1.165, 1.54) is 4.31 Å². The number of esters is 1. The zero-order chi connectivity index (χ0) is 21.6. The maximum absolute atomic E-state index is 14.2. The molecule has 29 heavy (non-hydrogen) atoms. The number of likely N-dealkylation sites (tertiary alicyclic amines) is 1. The molecule has 1 amide bonds. The second-order valence-corrected chi connectivity index (χ2v) is 8.89. The van der Waals surface area contributed by atoms with Gasteiger partial charge in [0, 0.05) is 25.7 Å². The SMILES string of the molecule is CCC1CCCCN1C(=O)COC(=O)c1cc(S(=O)(=O)N(CC)CC)ccc1F. The second kappa shape index (κ2) is 10.2. The molecule has 1 aromatic rings. The molecular weight excluding hydrogens is 399 g/mol. The monoisotopic (exact) mass is 428 g/mol. The van der Waals surface area contributed by atoms with Crippen LogP contribution in [-0.4, -0.2) is 61.8 Å². The molecule has 0 aliphatic carbocycles. The average Bonchev–Trinajstić information content (AvgIpc) is 2.72. The van der Waals surface area contributed by atoms with Crippen molar-refractivity contribution < 1.29 is 27.1 Å². The number of halogens is 1. The number of sulfonamides is 1. The Balaban J connectivity index is 2.14.